The summed E-state index contributed by atoms with van der Waals surface area (Å²) in [4.78, 5) is 17.6. The van der Waals surface area contributed by atoms with E-state index in [4.69, 9.17) is 0 Å². The van der Waals surface area contributed by atoms with Gasteiger partial charge >= 0.3 is 0 Å². The Labute approximate surface area is 201 Å². The number of benzene rings is 3. The highest BCUT2D eigenvalue weighted by molar-refractivity contribution is 7.89. The minimum atomic E-state index is -3.70. The number of rotatable bonds is 9. The van der Waals surface area contributed by atoms with Crippen molar-refractivity contribution in [2.24, 2.45) is 0 Å². The highest BCUT2D eigenvalue weighted by atomic mass is 32.2. The van der Waals surface area contributed by atoms with E-state index < -0.39 is 10.0 Å². The zero-order valence-electron chi connectivity index (χ0n) is 19.5. The van der Waals surface area contributed by atoms with E-state index in [2.05, 4.69) is 26.9 Å². The van der Waals surface area contributed by atoms with Crippen LogP contribution in [0.25, 0.3) is 10.8 Å². The maximum Gasteiger partial charge on any atom is 0.240 e. The lowest BCUT2D eigenvalue weighted by Gasteiger charge is -2.35. The number of sulfonamides is 1. The van der Waals surface area contributed by atoms with Gasteiger partial charge in [0.15, 0.2) is 0 Å². The quantitative estimate of drug-likeness (QED) is 0.492. The molecule has 34 heavy (non-hydrogen) atoms. The molecule has 1 aliphatic heterocycles. The molecule has 1 heterocycles. The predicted octanol–water partition coefficient (Wildman–Crippen LogP) is 2.61. The van der Waals surface area contributed by atoms with Gasteiger partial charge in [0.05, 0.1) is 10.9 Å². The van der Waals surface area contributed by atoms with Crippen LogP contribution in [0.5, 0.6) is 0 Å². The molecule has 0 aromatic heterocycles. The molecule has 180 valence electrons. The number of likely N-dealkylation sites (N-methyl/N-ethyl adjacent to an activating group) is 1. The number of piperazine rings is 1. The normalized spacial score (nSPS) is 16.4. The van der Waals surface area contributed by atoms with E-state index in [0.29, 0.717) is 0 Å². The van der Waals surface area contributed by atoms with Crippen molar-refractivity contribution in [3.63, 3.8) is 0 Å². The molecule has 3 aromatic rings. The van der Waals surface area contributed by atoms with Gasteiger partial charge in [0.1, 0.15) is 0 Å². The van der Waals surface area contributed by atoms with E-state index in [0.717, 1.165) is 49.1 Å². The molecule has 0 spiro atoms. The van der Waals surface area contributed by atoms with Crippen LogP contribution in [0.3, 0.4) is 0 Å². The number of fused-ring (bicyclic) bond motifs is 1. The summed E-state index contributed by atoms with van der Waals surface area (Å²) in [5, 5.41) is 4.95. The third-order valence-corrected chi connectivity index (χ3v) is 7.71. The number of carbonyl (C=O) groups is 1. The van der Waals surface area contributed by atoms with E-state index in [-0.39, 0.29) is 29.8 Å². The van der Waals surface area contributed by atoms with Gasteiger partial charge in [-0.2, -0.15) is 0 Å². The van der Waals surface area contributed by atoms with Crippen LogP contribution in [0.15, 0.2) is 77.7 Å². The number of carbonyl (C=O) groups excluding carboxylic acids is 1. The van der Waals surface area contributed by atoms with Crippen LogP contribution in [-0.4, -0.2) is 70.4 Å². The molecule has 4 rings (SSSR count). The Hall–Kier alpha value is -2.78. The fourth-order valence-electron chi connectivity index (χ4n) is 4.19. The topological polar surface area (TPSA) is 81.8 Å². The molecule has 8 heteroatoms. The molecule has 1 amide bonds. The monoisotopic (exact) mass is 480 g/mol. The Kier molecular flexibility index (Phi) is 7.95. The van der Waals surface area contributed by atoms with Crippen LogP contribution in [0.2, 0.25) is 0 Å². The SMILES string of the molecule is CN1CCN(CC(NC(=O)CCNS(=O)(=O)c2ccc3ccccc3c2)c2ccccc2)CC1. The molecule has 7 nitrogen and oxygen atoms in total. The van der Waals surface area contributed by atoms with Crippen molar-refractivity contribution < 1.29 is 13.2 Å². The van der Waals surface area contributed by atoms with Crippen molar-refractivity contribution in [1.82, 2.24) is 19.8 Å². The molecule has 1 atom stereocenters. The third-order valence-electron chi connectivity index (χ3n) is 6.25. The fourth-order valence-corrected chi connectivity index (χ4v) is 5.26. The molecule has 0 aliphatic carbocycles. The van der Waals surface area contributed by atoms with Crippen molar-refractivity contribution >= 4 is 26.7 Å². The lowest BCUT2D eigenvalue weighted by atomic mass is 10.1. The Balaban J connectivity index is 1.34. The molecular formula is C26H32N4O3S. The summed E-state index contributed by atoms with van der Waals surface area (Å²) in [6, 6.07) is 22.4. The molecule has 1 aliphatic rings. The molecule has 0 radical (unpaired) electrons. The summed E-state index contributed by atoms with van der Waals surface area (Å²) >= 11 is 0. The zero-order valence-corrected chi connectivity index (χ0v) is 20.3. The largest absolute Gasteiger partial charge is 0.348 e. The highest BCUT2D eigenvalue weighted by Crippen LogP contribution is 2.19. The molecule has 1 fully saturated rings. The Morgan fingerprint density at radius 1 is 0.912 bits per heavy atom. The number of amides is 1. The van der Waals surface area contributed by atoms with Crippen LogP contribution >= 0.6 is 0 Å². The van der Waals surface area contributed by atoms with Crippen molar-refractivity contribution in [2.75, 3.05) is 46.3 Å². The van der Waals surface area contributed by atoms with E-state index >= 15 is 0 Å². The number of hydrogen-bond acceptors (Lipinski definition) is 5. The minimum Gasteiger partial charge on any atom is -0.348 e. The van der Waals surface area contributed by atoms with Crippen LogP contribution in [0.1, 0.15) is 18.0 Å². The molecule has 1 saturated heterocycles. The average molecular weight is 481 g/mol. The summed E-state index contributed by atoms with van der Waals surface area (Å²) in [5.41, 5.74) is 1.05. The lowest BCUT2D eigenvalue weighted by Crippen LogP contribution is -2.48. The van der Waals surface area contributed by atoms with Gasteiger partial charge in [-0.05, 0) is 35.5 Å². The summed E-state index contributed by atoms with van der Waals surface area (Å²) in [7, 11) is -1.58. The van der Waals surface area contributed by atoms with Gasteiger partial charge in [0, 0.05) is 45.7 Å². The predicted molar refractivity (Wildman–Crippen MR) is 135 cm³/mol. The third kappa shape index (κ3) is 6.42. The standard InChI is InChI=1S/C26H32N4O3S/c1-29-15-17-30(18-16-29)20-25(22-8-3-2-4-9-22)28-26(31)13-14-27-34(32,33)24-12-11-21-7-5-6-10-23(21)19-24/h2-12,19,25,27H,13-18,20H2,1H3,(H,28,31). The molecule has 2 N–H and O–H groups in total. The Bertz CT molecular complexity index is 1210. The first-order valence-corrected chi connectivity index (χ1v) is 13.1. The summed E-state index contributed by atoms with van der Waals surface area (Å²) in [5.74, 6) is -0.177. The van der Waals surface area contributed by atoms with Crippen LogP contribution in [0.4, 0.5) is 0 Å². The second-order valence-electron chi connectivity index (χ2n) is 8.79. The summed E-state index contributed by atoms with van der Waals surface area (Å²) in [6.07, 6.45) is 0.0683. The summed E-state index contributed by atoms with van der Waals surface area (Å²) < 4.78 is 28.0. The van der Waals surface area contributed by atoms with Crippen molar-refractivity contribution in [3.05, 3.63) is 78.4 Å². The van der Waals surface area contributed by atoms with E-state index in [1.165, 1.54) is 0 Å². The van der Waals surface area contributed by atoms with Crippen molar-refractivity contribution in [3.8, 4) is 0 Å². The van der Waals surface area contributed by atoms with Gasteiger partial charge in [0.2, 0.25) is 15.9 Å². The maximum atomic E-state index is 12.7. The zero-order chi connectivity index (χ0) is 24.0. The van der Waals surface area contributed by atoms with Crippen molar-refractivity contribution in [1.29, 1.82) is 0 Å². The second kappa shape index (κ2) is 11.1. The number of hydrogen-bond donors (Lipinski definition) is 2. The van der Waals surface area contributed by atoms with Crippen LogP contribution in [-0.2, 0) is 14.8 Å². The maximum absolute atomic E-state index is 12.7. The first kappa shape index (κ1) is 24.3. The molecular weight excluding hydrogens is 448 g/mol. The van der Waals surface area contributed by atoms with Gasteiger partial charge < -0.3 is 10.2 Å². The first-order valence-electron chi connectivity index (χ1n) is 11.6. The van der Waals surface area contributed by atoms with Crippen molar-refractivity contribution in [2.45, 2.75) is 17.4 Å². The Morgan fingerprint density at radius 3 is 2.32 bits per heavy atom. The van der Waals surface area contributed by atoms with E-state index in [1.807, 2.05) is 54.6 Å². The molecule has 0 bridgehead atoms. The minimum absolute atomic E-state index is 0.0387. The Morgan fingerprint density at radius 2 is 1.59 bits per heavy atom. The number of nitrogens with zero attached hydrogens (tertiary/aromatic N) is 2. The molecule has 3 aromatic carbocycles. The average Bonchev–Trinajstić information content (AvgIpc) is 2.85. The number of nitrogens with one attached hydrogen (secondary N) is 2. The second-order valence-corrected chi connectivity index (χ2v) is 10.6. The fraction of sp³-hybridized carbons (Fsp3) is 0.346. The van der Waals surface area contributed by atoms with Crippen LogP contribution < -0.4 is 10.0 Å². The smallest absolute Gasteiger partial charge is 0.240 e. The first-order chi connectivity index (χ1) is 16.4. The van der Waals surface area contributed by atoms with Gasteiger partial charge in [-0.15, -0.1) is 0 Å². The summed E-state index contributed by atoms with van der Waals surface area (Å²) in [6.45, 7) is 4.70. The van der Waals surface area contributed by atoms with Gasteiger partial charge in [-0.25, -0.2) is 13.1 Å². The molecule has 1 unspecified atom stereocenters. The highest BCUT2D eigenvalue weighted by Gasteiger charge is 2.21. The lowest BCUT2D eigenvalue weighted by molar-refractivity contribution is -0.121. The van der Waals surface area contributed by atoms with E-state index in [1.54, 1.807) is 18.2 Å². The van der Waals surface area contributed by atoms with Gasteiger partial charge in [0.25, 0.3) is 0 Å². The van der Waals surface area contributed by atoms with Gasteiger partial charge in [-0.3, -0.25) is 9.69 Å². The van der Waals surface area contributed by atoms with Crippen LogP contribution in [0, 0.1) is 0 Å². The van der Waals surface area contributed by atoms with Gasteiger partial charge in [-0.1, -0.05) is 60.7 Å². The molecule has 0 saturated carbocycles. The van der Waals surface area contributed by atoms with E-state index in [9.17, 15) is 13.2 Å².